The number of hydrogen-bond donors (Lipinski definition) is 0. The van der Waals surface area contributed by atoms with Gasteiger partial charge < -0.3 is 4.74 Å². The molecule has 4 aromatic carbocycles. The van der Waals surface area contributed by atoms with Gasteiger partial charge in [0.25, 0.3) is 0 Å². The molecule has 0 N–H and O–H groups in total. The van der Waals surface area contributed by atoms with Gasteiger partial charge in [0, 0.05) is 33.1 Å². The van der Waals surface area contributed by atoms with Crippen LogP contribution in [0.15, 0.2) is 97.1 Å². The quantitative estimate of drug-likeness (QED) is 0.302. The van der Waals surface area contributed by atoms with E-state index < -0.39 is 0 Å². The van der Waals surface area contributed by atoms with E-state index in [4.69, 9.17) is 14.7 Å². The van der Waals surface area contributed by atoms with E-state index in [0.717, 1.165) is 50.6 Å². The lowest BCUT2D eigenvalue weighted by Gasteiger charge is -2.34. The Kier molecular flexibility index (Phi) is 4.12. The summed E-state index contributed by atoms with van der Waals surface area (Å²) in [5.41, 5.74) is 6.12. The number of benzene rings is 4. The van der Waals surface area contributed by atoms with Crippen molar-refractivity contribution in [3.05, 3.63) is 108 Å². The summed E-state index contributed by atoms with van der Waals surface area (Å²) >= 11 is 0. The smallest absolute Gasteiger partial charge is 0.160 e. The Bertz CT molecular complexity index is 1470. The number of hydrogen-bond acceptors (Lipinski definition) is 3. The van der Waals surface area contributed by atoms with Crippen LogP contribution < -0.4 is 4.74 Å². The third kappa shape index (κ3) is 2.89. The van der Waals surface area contributed by atoms with Gasteiger partial charge in [-0.1, -0.05) is 80.6 Å². The summed E-state index contributed by atoms with van der Waals surface area (Å²) in [7, 11) is 0. The van der Waals surface area contributed by atoms with Crippen molar-refractivity contribution in [2.45, 2.75) is 19.3 Å². The monoisotopic (exact) mass is 414 g/mol. The molecule has 1 aromatic heterocycles. The zero-order valence-electron chi connectivity index (χ0n) is 18.0. The highest BCUT2D eigenvalue weighted by Gasteiger charge is 2.34. The van der Waals surface area contributed by atoms with Gasteiger partial charge in [0.15, 0.2) is 5.82 Å². The van der Waals surface area contributed by atoms with Crippen LogP contribution in [0.2, 0.25) is 0 Å². The molecule has 0 fully saturated rings. The summed E-state index contributed by atoms with van der Waals surface area (Å²) in [6.45, 7) is 4.49. The van der Waals surface area contributed by atoms with Crippen LogP contribution in [0.5, 0.6) is 11.5 Å². The molecule has 0 radical (unpaired) electrons. The summed E-state index contributed by atoms with van der Waals surface area (Å²) in [5, 5.41) is 1.05. The molecule has 6 rings (SSSR count). The minimum Gasteiger partial charge on any atom is -0.457 e. The Morgan fingerprint density at radius 1 is 0.625 bits per heavy atom. The molecule has 0 saturated heterocycles. The molecule has 0 atom stereocenters. The number of nitrogens with zero attached hydrogens (tertiary/aromatic N) is 2. The third-order valence-electron chi connectivity index (χ3n) is 6.34. The largest absolute Gasteiger partial charge is 0.457 e. The average Bonchev–Trinajstić information content (AvgIpc) is 2.84. The van der Waals surface area contributed by atoms with E-state index in [-0.39, 0.29) is 5.41 Å². The van der Waals surface area contributed by atoms with E-state index in [1.165, 1.54) is 5.56 Å². The van der Waals surface area contributed by atoms with Gasteiger partial charge >= 0.3 is 0 Å². The highest BCUT2D eigenvalue weighted by Crippen LogP contribution is 2.48. The first-order valence-electron chi connectivity index (χ1n) is 10.9. The van der Waals surface area contributed by atoms with Crippen LogP contribution in [-0.4, -0.2) is 9.97 Å². The van der Waals surface area contributed by atoms with E-state index in [1.807, 2.05) is 48.5 Å². The van der Waals surface area contributed by atoms with Crippen LogP contribution in [0, 0.1) is 0 Å². The molecule has 0 aliphatic carbocycles. The Hall–Kier alpha value is -3.98. The summed E-state index contributed by atoms with van der Waals surface area (Å²) in [5.74, 6) is 2.53. The van der Waals surface area contributed by atoms with Crippen LogP contribution in [-0.2, 0) is 5.41 Å². The van der Waals surface area contributed by atoms with Gasteiger partial charge in [0.05, 0.1) is 11.2 Å². The fourth-order valence-electron chi connectivity index (χ4n) is 4.60. The van der Waals surface area contributed by atoms with Gasteiger partial charge in [-0.05, 0) is 30.3 Å². The highest BCUT2D eigenvalue weighted by molar-refractivity contribution is 5.93. The van der Waals surface area contributed by atoms with E-state index >= 15 is 0 Å². The first kappa shape index (κ1) is 18.8. The normalized spacial score (nSPS) is 13.8. The first-order valence-corrected chi connectivity index (χ1v) is 10.9. The topological polar surface area (TPSA) is 35.0 Å². The Balaban J connectivity index is 1.54. The molecular weight excluding hydrogens is 392 g/mol. The summed E-state index contributed by atoms with van der Waals surface area (Å²) in [4.78, 5) is 9.95. The van der Waals surface area contributed by atoms with Crippen molar-refractivity contribution in [1.82, 2.24) is 9.97 Å². The summed E-state index contributed by atoms with van der Waals surface area (Å²) in [6, 6.07) is 33.0. The fraction of sp³-hybridized carbons (Fsp3) is 0.103. The maximum absolute atomic E-state index is 6.23. The second-order valence-corrected chi connectivity index (χ2v) is 8.71. The van der Waals surface area contributed by atoms with Crippen molar-refractivity contribution in [3.8, 4) is 34.1 Å². The predicted octanol–water partition coefficient (Wildman–Crippen LogP) is 7.40. The lowest BCUT2D eigenvalue weighted by atomic mass is 9.75. The molecule has 0 bridgehead atoms. The maximum Gasteiger partial charge on any atom is 0.160 e. The first-order chi connectivity index (χ1) is 15.6. The van der Waals surface area contributed by atoms with Crippen molar-refractivity contribution in [2.75, 3.05) is 0 Å². The lowest BCUT2D eigenvalue weighted by Crippen LogP contribution is -2.24. The van der Waals surface area contributed by atoms with Gasteiger partial charge in [-0.3, -0.25) is 0 Å². The molecule has 154 valence electrons. The predicted molar refractivity (Wildman–Crippen MR) is 129 cm³/mol. The molecule has 32 heavy (non-hydrogen) atoms. The molecule has 1 aliphatic rings. The minimum absolute atomic E-state index is 0.181. The molecule has 3 nitrogen and oxygen atoms in total. The fourth-order valence-corrected chi connectivity index (χ4v) is 4.60. The minimum atomic E-state index is -0.181. The SMILES string of the molecule is CC1(C)c2ccccc2Oc2ccc(-c3nc(-c4ccccc4)c4ccccc4n3)cc21. The standard InChI is InChI=1S/C29H22N2O/c1-29(2)22-13-7-9-15-25(22)32-26-17-16-20(18-23(26)29)28-30-24-14-8-6-12-21(24)27(31-28)19-10-4-3-5-11-19/h3-18H,1-2H3. The molecular formula is C29H22N2O. The van der Waals surface area contributed by atoms with Crippen LogP contribution in [0.1, 0.15) is 25.0 Å². The van der Waals surface area contributed by atoms with Crippen molar-refractivity contribution in [1.29, 1.82) is 0 Å². The Morgan fingerprint density at radius 2 is 1.34 bits per heavy atom. The third-order valence-corrected chi connectivity index (χ3v) is 6.34. The van der Waals surface area contributed by atoms with Gasteiger partial charge in [-0.25, -0.2) is 9.97 Å². The zero-order chi connectivity index (χ0) is 21.7. The van der Waals surface area contributed by atoms with Gasteiger partial charge in [0.2, 0.25) is 0 Å². The molecule has 5 aromatic rings. The van der Waals surface area contributed by atoms with Crippen LogP contribution in [0.4, 0.5) is 0 Å². The second kappa shape index (κ2) is 7.03. The van der Waals surface area contributed by atoms with E-state index in [0.29, 0.717) is 0 Å². The maximum atomic E-state index is 6.23. The molecule has 0 saturated carbocycles. The van der Waals surface area contributed by atoms with Crippen LogP contribution >= 0.6 is 0 Å². The average molecular weight is 415 g/mol. The van der Waals surface area contributed by atoms with Crippen molar-refractivity contribution < 1.29 is 4.74 Å². The van der Waals surface area contributed by atoms with Gasteiger partial charge in [0.1, 0.15) is 11.5 Å². The highest BCUT2D eigenvalue weighted by atomic mass is 16.5. The van der Waals surface area contributed by atoms with Gasteiger partial charge in [-0.2, -0.15) is 0 Å². The Morgan fingerprint density at radius 3 is 2.22 bits per heavy atom. The molecule has 0 unspecified atom stereocenters. The van der Waals surface area contributed by atoms with Gasteiger partial charge in [-0.15, -0.1) is 0 Å². The van der Waals surface area contributed by atoms with E-state index in [1.54, 1.807) is 0 Å². The van der Waals surface area contributed by atoms with E-state index in [9.17, 15) is 0 Å². The second-order valence-electron chi connectivity index (χ2n) is 8.71. The van der Waals surface area contributed by atoms with Crippen LogP contribution in [0.25, 0.3) is 33.5 Å². The molecule has 3 heteroatoms. The van der Waals surface area contributed by atoms with Crippen molar-refractivity contribution >= 4 is 10.9 Å². The number of para-hydroxylation sites is 2. The molecule has 0 spiro atoms. The number of ether oxygens (including phenoxy) is 1. The molecule has 2 heterocycles. The number of fused-ring (bicyclic) bond motifs is 3. The van der Waals surface area contributed by atoms with Crippen molar-refractivity contribution in [2.24, 2.45) is 0 Å². The summed E-state index contributed by atoms with van der Waals surface area (Å²) in [6.07, 6.45) is 0. The number of rotatable bonds is 2. The molecule has 0 amide bonds. The Labute approximate surface area is 187 Å². The van der Waals surface area contributed by atoms with Crippen LogP contribution in [0.3, 0.4) is 0 Å². The summed E-state index contributed by atoms with van der Waals surface area (Å²) < 4.78 is 6.23. The van der Waals surface area contributed by atoms with Crippen molar-refractivity contribution in [3.63, 3.8) is 0 Å². The number of aromatic nitrogens is 2. The lowest BCUT2D eigenvalue weighted by molar-refractivity contribution is 0.418. The zero-order valence-corrected chi connectivity index (χ0v) is 18.0. The van der Waals surface area contributed by atoms with E-state index in [2.05, 4.69) is 62.4 Å². The molecule has 1 aliphatic heterocycles.